The Morgan fingerprint density at radius 2 is 2.04 bits per heavy atom. The summed E-state index contributed by atoms with van der Waals surface area (Å²) in [4.78, 5) is 17.8. The molecule has 0 bridgehead atoms. The molecule has 2 fully saturated rings. The highest BCUT2D eigenvalue weighted by Crippen LogP contribution is 2.40. The summed E-state index contributed by atoms with van der Waals surface area (Å²) in [6, 6.07) is 5.89. The molecule has 6 nitrogen and oxygen atoms in total. The molecule has 2 amide bonds. The minimum absolute atomic E-state index is 0.0828. The summed E-state index contributed by atoms with van der Waals surface area (Å²) < 4.78 is 28.7. The number of halogens is 2. The zero-order valence-corrected chi connectivity index (χ0v) is 14.4. The number of benzene rings is 1. The van der Waals surface area contributed by atoms with E-state index < -0.39 is 18.0 Å². The van der Waals surface area contributed by atoms with Gasteiger partial charge in [0.15, 0.2) is 5.65 Å². The van der Waals surface area contributed by atoms with Gasteiger partial charge in [0.05, 0.1) is 13.1 Å². The zero-order valence-electron chi connectivity index (χ0n) is 14.4. The summed E-state index contributed by atoms with van der Waals surface area (Å²) in [5.41, 5.74) is 2.36. The molecular weight excluding hydrogens is 352 g/mol. The molecule has 5 rings (SSSR count). The number of anilines is 1. The number of aromatic nitrogens is 3. The average Bonchev–Trinajstić information content (AvgIpc) is 3.39. The van der Waals surface area contributed by atoms with Crippen molar-refractivity contribution in [3.8, 4) is 5.69 Å². The monoisotopic (exact) mass is 369 g/mol. The van der Waals surface area contributed by atoms with Crippen LogP contribution in [0.4, 0.5) is 19.3 Å². The highest BCUT2D eigenvalue weighted by Gasteiger charge is 2.30. The summed E-state index contributed by atoms with van der Waals surface area (Å²) in [5, 5.41) is 7.86. The van der Waals surface area contributed by atoms with E-state index in [2.05, 4.69) is 15.4 Å². The van der Waals surface area contributed by atoms with Gasteiger partial charge in [-0.15, -0.1) is 5.10 Å². The molecule has 1 aliphatic carbocycles. The number of carbonyl (C=O) groups is 1. The number of carbonyl (C=O) groups excluding carboxylic acids is 1. The third kappa shape index (κ3) is 3.01. The molecule has 0 atom stereocenters. The third-order valence-corrected chi connectivity index (χ3v) is 5.00. The van der Waals surface area contributed by atoms with Crippen molar-refractivity contribution >= 4 is 22.8 Å². The Labute approximate surface area is 153 Å². The number of nitrogens with zero attached hydrogens (tertiary/aromatic N) is 4. The molecule has 0 spiro atoms. The van der Waals surface area contributed by atoms with Crippen molar-refractivity contribution in [3.63, 3.8) is 0 Å². The van der Waals surface area contributed by atoms with Crippen molar-refractivity contribution in [3.05, 3.63) is 48.0 Å². The van der Waals surface area contributed by atoms with Crippen LogP contribution in [0.3, 0.4) is 0 Å². The Hall–Kier alpha value is -3.03. The Balaban J connectivity index is 1.43. The van der Waals surface area contributed by atoms with Crippen molar-refractivity contribution in [2.75, 3.05) is 18.4 Å². The van der Waals surface area contributed by atoms with Crippen molar-refractivity contribution in [1.82, 2.24) is 19.7 Å². The average molecular weight is 369 g/mol. The smallest absolute Gasteiger partial charge is 0.319 e. The van der Waals surface area contributed by atoms with Gasteiger partial charge < -0.3 is 10.2 Å². The third-order valence-electron chi connectivity index (χ3n) is 5.00. The van der Waals surface area contributed by atoms with Gasteiger partial charge in [0.1, 0.15) is 17.7 Å². The number of hydrogen-bond acceptors (Lipinski definition) is 3. The van der Waals surface area contributed by atoms with E-state index in [0.717, 1.165) is 5.39 Å². The molecule has 8 heteroatoms. The number of urea groups is 1. The van der Waals surface area contributed by atoms with Gasteiger partial charge in [0, 0.05) is 23.5 Å². The van der Waals surface area contributed by atoms with E-state index >= 15 is 0 Å². The summed E-state index contributed by atoms with van der Waals surface area (Å²) in [7, 11) is 0. The van der Waals surface area contributed by atoms with Crippen LogP contribution in [0.1, 0.15) is 24.3 Å². The molecule has 0 radical (unpaired) electrons. The maximum Gasteiger partial charge on any atom is 0.322 e. The lowest BCUT2D eigenvalue weighted by atomic mass is 10.2. The second-order valence-electron chi connectivity index (χ2n) is 7.13. The van der Waals surface area contributed by atoms with Crippen molar-refractivity contribution in [2.45, 2.75) is 24.9 Å². The number of likely N-dealkylation sites (tertiary alicyclic amines) is 1. The lowest BCUT2D eigenvalue weighted by Gasteiger charge is -2.34. The van der Waals surface area contributed by atoms with Gasteiger partial charge in [-0.25, -0.2) is 23.2 Å². The number of rotatable bonds is 3. The first-order valence-electron chi connectivity index (χ1n) is 8.92. The van der Waals surface area contributed by atoms with E-state index in [4.69, 9.17) is 0 Å². The largest absolute Gasteiger partial charge is 0.322 e. The molecular formula is C19H17F2N5O. The number of fused-ring (bicyclic) bond motifs is 1. The maximum atomic E-state index is 14.4. The first-order chi connectivity index (χ1) is 13.1. The number of pyridine rings is 1. The molecule has 1 saturated carbocycles. The molecule has 0 unspecified atom stereocenters. The van der Waals surface area contributed by atoms with Gasteiger partial charge in [-0.05, 0) is 48.6 Å². The number of nitrogens with one attached hydrogen (secondary N) is 1. The van der Waals surface area contributed by atoms with Crippen LogP contribution in [0.25, 0.3) is 16.7 Å². The van der Waals surface area contributed by atoms with Crippen LogP contribution in [0.5, 0.6) is 0 Å². The minimum Gasteiger partial charge on any atom is -0.319 e. The van der Waals surface area contributed by atoms with Crippen LogP contribution in [-0.4, -0.2) is 45.0 Å². The fourth-order valence-electron chi connectivity index (χ4n) is 3.26. The SMILES string of the molecule is O=C(Nc1ccc(F)c(-n2cc3cc(C4CC4)cnc3n2)c1)N1CC(F)C1. The summed E-state index contributed by atoms with van der Waals surface area (Å²) in [5.74, 6) is 0.113. The minimum atomic E-state index is -0.968. The lowest BCUT2D eigenvalue weighted by molar-refractivity contribution is 0.0974. The first kappa shape index (κ1) is 16.2. The summed E-state index contributed by atoms with van der Waals surface area (Å²) in [6.45, 7) is 0.166. The summed E-state index contributed by atoms with van der Waals surface area (Å²) >= 11 is 0. The molecule has 2 aliphatic rings. The highest BCUT2D eigenvalue weighted by atomic mass is 19.1. The Bertz CT molecular complexity index is 1040. The Morgan fingerprint density at radius 3 is 2.78 bits per heavy atom. The second kappa shape index (κ2) is 6.00. The van der Waals surface area contributed by atoms with Gasteiger partial charge in [0.25, 0.3) is 0 Å². The quantitative estimate of drug-likeness (QED) is 0.767. The maximum absolute atomic E-state index is 14.4. The van der Waals surface area contributed by atoms with Crippen molar-refractivity contribution in [1.29, 1.82) is 0 Å². The lowest BCUT2D eigenvalue weighted by Crippen LogP contribution is -2.53. The molecule has 3 aromatic rings. The number of alkyl halides is 1. The van der Waals surface area contributed by atoms with Gasteiger partial charge in [-0.3, -0.25) is 0 Å². The van der Waals surface area contributed by atoms with Crippen molar-refractivity contribution < 1.29 is 13.6 Å². The topological polar surface area (TPSA) is 63.1 Å². The normalized spacial score (nSPS) is 17.2. The van der Waals surface area contributed by atoms with E-state index in [1.54, 1.807) is 6.20 Å². The summed E-state index contributed by atoms with van der Waals surface area (Å²) in [6.07, 6.45) is 4.95. The standard InChI is InChI=1S/C19H17F2N5O/c20-14-9-25(10-14)19(27)23-15-3-4-16(21)17(6-15)26-8-13-5-12(11-1-2-11)7-22-18(13)24-26/h3-8,11,14H,1-2,9-10H2,(H,23,27). The Kier molecular flexibility index (Phi) is 3.60. The molecule has 1 N–H and O–H groups in total. The molecule has 3 heterocycles. The zero-order chi connectivity index (χ0) is 18.5. The number of amides is 2. The van der Waals surface area contributed by atoms with Crippen LogP contribution >= 0.6 is 0 Å². The Morgan fingerprint density at radius 1 is 1.22 bits per heavy atom. The van der Waals surface area contributed by atoms with Crippen molar-refractivity contribution in [2.24, 2.45) is 0 Å². The molecule has 1 aliphatic heterocycles. The van der Waals surface area contributed by atoms with Gasteiger partial charge in [0.2, 0.25) is 0 Å². The molecule has 1 saturated heterocycles. The van der Waals surface area contributed by atoms with E-state index in [1.165, 1.54) is 46.2 Å². The van der Waals surface area contributed by atoms with E-state index in [9.17, 15) is 13.6 Å². The van der Waals surface area contributed by atoms with Crippen LogP contribution in [0.2, 0.25) is 0 Å². The van der Waals surface area contributed by atoms with Crippen LogP contribution in [0.15, 0.2) is 36.7 Å². The van der Waals surface area contributed by atoms with Crippen LogP contribution in [-0.2, 0) is 0 Å². The van der Waals surface area contributed by atoms with Gasteiger partial charge in [-0.1, -0.05) is 0 Å². The van der Waals surface area contributed by atoms with E-state index in [1.807, 2.05) is 12.3 Å². The molecule has 1 aromatic carbocycles. The fourth-order valence-corrected chi connectivity index (χ4v) is 3.26. The molecule has 138 valence electrons. The highest BCUT2D eigenvalue weighted by molar-refractivity contribution is 5.90. The van der Waals surface area contributed by atoms with Gasteiger partial charge in [-0.2, -0.15) is 0 Å². The second-order valence-corrected chi connectivity index (χ2v) is 7.13. The van der Waals surface area contributed by atoms with E-state index in [0.29, 0.717) is 17.3 Å². The van der Waals surface area contributed by atoms with E-state index in [-0.39, 0.29) is 18.8 Å². The predicted molar refractivity (Wildman–Crippen MR) is 96.3 cm³/mol. The van der Waals surface area contributed by atoms with Gasteiger partial charge >= 0.3 is 6.03 Å². The molecule has 27 heavy (non-hydrogen) atoms. The van der Waals surface area contributed by atoms with Crippen LogP contribution < -0.4 is 5.32 Å². The number of hydrogen-bond donors (Lipinski definition) is 1. The van der Waals surface area contributed by atoms with Crippen LogP contribution in [0, 0.1) is 5.82 Å². The fraction of sp³-hybridized carbons (Fsp3) is 0.316. The molecule has 2 aromatic heterocycles. The predicted octanol–water partition coefficient (Wildman–Crippen LogP) is 3.62. The first-order valence-corrected chi connectivity index (χ1v) is 8.92.